The molecule has 0 bridgehead atoms. The third-order valence-electron chi connectivity index (χ3n) is 16.2. The first-order valence-electron chi connectivity index (χ1n) is 25.2. The van der Waals surface area contributed by atoms with Crippen molar-refractivity contribution in [3.05, 3.63) is 35.9 Å². The summed E-state index contributed by atoms with van der Waals surface area (Å²) in [4.78, 5) is 81.4. The Balaban J connectivity index is 1.31. The molecule has 0 saturated heterocycles. The van der Waals surface area contributed by atoms with E-state index in [2.05, 4.69) is 72.9 Å². The molecule has 16 heteroatoms. The first-order valence-corrected chi connectivity index (χ1v) is 25.2. The Kier molecular flexibility index (Phi) is 16.1. The fraction of sp³-hybridized carbons (Fsp3) is 0.774. The van der Waals surface area contributed by atoms with Gasteiger partial charge in [0.1, 0.15) is 54.7 Å². The first-order chi connectivity index (χ1) is 32.0. The van der Waals surface area contributed by atoms with E-state index < -0.39 is 76.7 Å². The molecule has 3 amide bonds. The highest BCUT2D eigenvalue weighted by molar-refractivity contribution is 5.79. The molecule has 12 atom stereocenters. The number of carbonyl (C=O) groups excluding carboxylic acids is 6. The Bertz CT molecular complexity index is 2030. The van der Waals surface area contributed by atoms with Crippen molar-refractivity contribution in [2.45, 2.75) is 189 Å². The zero-order chi connectivity index (χ0) is 50.9. The van der Waals surface area contributed by atoms with Crippen molar-refractivity contribution in [1.29, 1.82) is 0 Å². The predicted octanol–water partition coefficient (Wildman–Crippen LogP) is 8.48. The summed E-state index contributed by atoms with van der Waals surface area (Å²) in [6.07, 6.45) is 2.95. The number of carbonyl (C=O) groups is 6. The fourth-order valence-corrected chi connectivity index (χ4v) is 13.4. The van der Waals surface area contributed by atoms with Gasteiger partial charge < -0.3 is 44.4 Å². The van der Waals surface area contributed by atoms with Crippen molar-refractivity contribution >= 4 is 36.2 Å². The molecule has 5 saturated carbocycles. The van der Waals surface area contributed by atoms with Crippen LogP contribution in [0.4, 0.5) is 14.4 Å². The highest BCUT2D eigenvalue weighted by atomic mass is 16.6. The molecule has 3 N–H and O–H groups in total. The van der Waals surface area contributed by atoms with Gasteiger partial charge in [-0.25, -0.2) is 14.4 Å². The molecule has 5 fully saturated rings. The SMILES string of the molecule is CN(Cc1ccccc1)C1CC[C@@]1(C)[C@H]1CC[C@H]2[C@@H]3[C@H](OC(=O)CNC(=O)OC(C)(C)C)C[C@@H]4CC(OC(=O)CNC(=O)OC(C)(C)C)CC[C@]4(C)[C@H]3C[C@H](OC(=O)CNC(=O)OC(C)(C)C)[C@@]21C. The van der Waals surface area contributed by atoms with Crippen molar-refractivity contribution in [2.24, 2.45) is 45.8 Å². The summed E-state index contributed by atoms with van der Waals surface area (Å²) in [6, 6.07) is 10.8. The molecule has 0 radical (unpaired) electrons. The molecule has 0 aliphatic heterocycles. The van der Waals surface area contributed by atoms with Crippen LogP contribution in [0.15, 0.2) is 30.3 Å². The summed E-state index contributed by atoms with van der Waals surface area (Å²) in [6.45, 7) is 22.5. The number of hydrogen-bond acceptors (Lipinski definition) is 13. The number of ether oxygens (including phenoxy) is 6. The Labute approximate surface area is 410 Å². The van der Waals surface area contributed by atoms with E-state index >= 15 is 0 Å². The average molecular weight is 967 g/mol. The number of fused-ring (bicyclic) bond motifs is 5. The molecular formula is C53H82N4O12. The summed E-state index contributed by atoms with van der Waals surface area (Å²) >= 11 is 0. The fourth-order valence-electron chi connectivity index (χ4n) is 13.4. The van der Waals surface area contributed by atoms with E-state index in [0.717, 1.165) is 32.2 Å². The van der Waals surface area contributed by atoms with Crippen LogP contribution < -0.4 is 16.0 Å². The summed E-state index contributed by atoms with van der Waals surface area (Å²) in [5, 5.41) is 7.69. The predicted molar refractivity (Wildman–Crippen MR) is 257 cm³/mol. The van der Waals surface area contributed by atoms with Crippen LogP contribution in [0.25, 0.3) is 0 Å². The van der Waals surface area contributed by atoms with Gasteiger partial charge in [-0.3, -0.25) is 19.3 Å². The Hall–Kier alpha value is -4.60. The molecule has 0 spiro atoms. The average Bonchev–Trinajstić information content (AvgIpc) is 3.58. The monoisotopic (exact) mass is 967 g/mol. The van der Waals surface area contributed by atoms with Crippen molar-refractivity contribution in [1.82, 2.24) is 20.9 Å². The lowest BCUT2D eigenvalue weighted by Crippen LogP contribution is -2.66. The highest BCUT2D eigenvalue weighted by Gasteiger charge is 2.71. The molecule has 2 unspecified atom stereocenters. The second-order valence-corrected chi connectivity index (χ2v) is 24.4. The second-order valence-electron chi connectivity index (χ2n) is 24.4. The quantitative estimate of drug-likeness (QED) is 0.126. The van der Waals surface area contributed by atoms with Gasteiger partial charge in [0.05, 0.1) is 0 Å². The summed E-state index contributed by atoms with van der Waals surface area (Å²) in [7, 11) is 2.20. The van der Waals surface area contributed by atoms with Gasteiger partial charge in [-0.15, -0.1) is 0 Å². The molecule has 0 heterocycles. The van der Waals surface area contributed by atoms with Crippen LogP contribution in [0.2, 0.25) is 0 Å². The molecule has 1 aromatic rings. The summed E-state index contributed by atoms with van der Waals surface area (Å²) < 4.78 is 35.4. The van der Waals surface area contributed by atoms with Gasteiger partial charge in [-0.2, -0.15) is 0 Å². The highest BCUT2D eigenvalue weighted by Crippen LogP contribution is 2.72. The van der Waals surface area contributed by atoms with Crippen molar-refractivity contribution in [2.75, 3.05) is 26.7 Å². The van der Waals surface area contributed by atoms with E-state index in [4.69, 9.17) is 28.4 Å². The third-order valence-corrected chi connectivity index (χ3v) is 16.2. The van der Waals surface area contributed by atoms with E-state index in [-0.39, 0.29) is 66.1 Å². The number of rotatable bonds is 13. The van der Waals surface area contributed by atoms with E-state index in [1.54, 1.807) is 62.3 Å². The van der Waals surface area contributed by atoms with Gasteiger partial charge in [0.25, 0.3) is 0 Å². The number of amides is 3. The molecule has 1 aromatic carbocycles. The number of nitrogens with zero attached hydrogens (tertiary/aromatic N) is 1. The Morgan fingerprint density at radius 1 is 0.609 bits per heavy atom. The lowest BCUT2D eigenvalue weighted by Gasteiger charge is -2.66. The maximum absolute atomic E-state index is 14.1. The van der Waals surface area contributed by atoms with Crippen LogP contribution in [-0.4, -0.2) is 109 Å². The zero-order valence-electron chi connectivity index (χ0n) is 43.6. The van der Waals surface area contributed by atoms with Crippen LogP contribution in [0, 0.1) is 45.8 Å². The molecule has 5 aliphatic rings. The van der Waals surface area contributed by atoms with Gasteiger partial charge in [0.2, 0.25) is 0 Å². The van der Waals surface area contributed by atoms with Gasteiger partial charge >= 0.3 is 36.2 Å². The van der Waals surface area contributed by atoms with Crippen LogP contribution in [-0.2, 0) is 49.3 Å². The number of benzene rings is 1. The van der Waals surface area contributed by atoms with Crippen molar-refractivity contribution in [3.8, 4) is 0 Å². The molecule has 386 valence electrons. The normalized spacial score (nSPS) is 32.9. The largest absolute Gasteiger partial charge is 0.461 e. The van der Waals surface area contributed by atoms with Crippen LogP contribution >= 0.6 is 0 Å². The van der Waals surface area contributed by atoms with Crippen LogP contribution in [0.3, 0.4) is 0 Å². The maximum atomic E-state index is 14.1. The second kappa shape index (κ2) is 20.6. The molecular weight excluding hydrogens is 885 g/mol. The minimum Gasteiger partial charge on any atom is -0.461 e. The molecule has 16 nitrogen and oxygen atoms in total. The number of nitrogens with one attached hydrogen (secondary N) is 3. The minimum absolute atomic E-state index is 0.0146. The molecule has 69 heavy (non-hydrogen) atoms. The summed E-state index contributed by atoms with van der Waals surface area (Å²) in [5.41, 5.74) is -1.98. The standard InChI is InChI=1S/C53H82N4O12/c1-48(2,3)67-45(61)54-28-41(58)64-34-21-23-51(10)33(25-34)26-37(65-42(59)29-55-46(62)68-49(4,5)6)44-35-19-20-38(52(11)24-22-39(52)57(13)31-32-17-15-14-16-18-32)53(35,12)40(27-36(44)51)66-43(60)30-56-47(63)69-50(7,8)9/h14-18,33-40,44H,19-31H2,1-13H3,(H,54,61)(H,55,62)(H,56,63)/t33-,34?,35-,36-,37+,38+,39?,40-,44-,51-,52-,53-/m0/s1. The van der Waals surface area contributed by atoms with Gasteiger partial charge in [0.15, 0.2) is 0 Å². The van der Waals surface area contributed by atoms with E-state index in [0.29, 0.717) is 32.1 Å². The lowest BCUT2D eigenvalue weighted by atomic mass is 9.41. The van der Waals surface area contributed by atoms with E-state index in [9.17, 15) is 28.8 Å². The van der Waals surface area contributed by atoms with Crippen molar-refractivity contribution in [3.63, 3.8) is 0 Å². The van der Waals surface area contributed by atoms with E-state index in [1.165, 1.54) is 5.56 Å². The van der Waals surface area contributed by atoms with Crippen LogP contribution in [0.1, 0.15) is 146 Å². The number of esters is 3. The van der Waals surface area contributed by atoms with Gasteiger partial charge in [0, 0.05) is 23.9 Å². The zero-order valence-corrected chi connectivity index (χ0v) is 43.6. The maximum Gasteiger partial charge on any atom is 0.408 e. The third kappa shape index (κ3) is 12.8. The van der Waals surface area contributed by atoms with E-state index in [1.807, 2.05) is 6.07 Å². The number of hydrogen-bond donors (Lipinski definition) is 3. The smallest absolute Gasteiger partial charge is 0.408 e. The lowest BCUT2D eigenvalue weighted by molar-refractivity contribution is -0.234. The Morgan fingerprint density at radius 2 is 1.12 bits per heavy atom. The topological polar surface area (TPSA) is 197 Å². The van der Waals surface area contributed by atoms with Gasteiger partial charge in [-0.05, 0) is 167 Å². The summed E-state index contributed by atoms with van der Waals surface area (Å²) in [5.74, 6) is -1.81. The number of alkyl carbamates (subject to hydrolysis) is 3. The van der Waals surface area contributed by atoms with Crippen LogP contribution in [0.5, 0.6) is 0 Å². The van der Waals surface area contributed by atoms with Gasteiger partial charge in [-0.1, -0.05) is 51.1 Å². The Morgan fingerprint density at radius 3 is 1.62 bits per heavy atom. The molecule has 0 aromatic heterocycles. The van der Waals surface area contributed by atoms with Crippen molar-refractivity contribution < 1.29 is 57.2 Å². The minimum atomic E-state index is -0.758. The first kappa shape index (κ1) is 53.7. The molecule has 5 aliphatic carbocycles. The molecule has 6 rings (SSSR count).